The van der Waals surface area contributed by atoms with Gasteiger partial charge in [-0.3, -0.25) is 0 Å². The topological polar surface area (TPSA) is 47.7 Å². The molecule has 1 atom stereocenters. The summed E-state index contributed by atoms with van der Waals surface area (Å²) < 4.78 is 4.12. The minimum Gasteiger partial charge on any atom is -0.340 e. The highest BCUT2D eigenvalue weighted by atomic mass is 15.1. The van der Waals surface area contributed by atoms with Crippen molar-refractivity contribution in [2.45, 2.75) is 25.9 Å². The number of nitrogens with one attached hydrogen (secondary N) is 1. The second-order valence-corrected chi connectivity index (χ2v) is 4.14. The van der Waals surface area contributed by atoms with Gasteiger partial charge >= 0.3 is 0 Å². The van der Waals surface area contributed by atoms with Gasteiger partial charge in [0.15, 0.2) is 0 Å². The minimum absolute atomic E-state index is 0.212. The van der Waals surface area contributed by atoms with Crippen LogP contribution in [-0.2, 0) is 20.0 Å². The molecule has 0 radical (unpaired) electrons. The summed E-state index contributed by atoms with van der Waals surface area (Å²) in [6.45, 7) is 3.08. The maximum atomic E-state index is 4.40. The fourth-order valence-corrected chi connectivity index (χ4v) is 1.97. The first-order chi connectivity index (χ1) is 8.24. The van der Waals surface area contributed by atoms with Gasteiger partial charge in [0, 0.05) is 38.6 Å². The SMILES string of the molecule is CCn1ccnc1CC(NC)c1cn(C)cn1. The summed E-state index contributed by atoms with van der Waals surface area (Å²) >= 11 is 0. The second kappa shape index (κ2) is 5.14. The van der Waals surface area contributed by atoms with Crippen LogP contribution in [0.2, 0.25) is 0 Å². The van der Waals surface area contributed by atoms with Crippen LogP contribution in [0.25, 0.3) is 0 Å². The molecule has 0 saturated carbocycles. The molecule has 0 aliphatic heterocycles. The molecule has 1 N–H and O–H groups in total. The third-order valence-corrected chi connectivity index (χ3v) is 2.96. The zero-order valence-corrected chi connectivity index (χ0v) is 10.6. The predicted molar refractivity (Wildman–Crippen MR) is 66.6 cm³/mol. The number of aryl methyl sites for hydroxylation is 2. The monoisotopic (exact) mass is 233 g/mol. The van der Waals surface area contributed by atoms with Gasteiger partial charge in [-0.2, -0.15) is 0 Å². The summed E-state index contributed by atoms with van der Waals surface area (Å²) in [7, 11) is 3.94. The highest BCUT2D eigenvalue weighted by molar-refractivity contribution is 5.07. The van der Waals surface area contributed by atoms with Gasteiger partial charge in [0.25, 0.3) is 0 Å². The molecular weight excluding hydrogens is 214 g/mol. The first kappa shape index (κ1) is 11.9. The van der Waals surface area contributed by atoms with Crippen molar-refractivity contribution >= 4 is 0 Å². The van der Waals surface area contributed by atoms with Gasteiger partial charge in [-0.05, 0) is 14.0 Å². The van der Waals surface area contributed by atoms with E-state index < -0.39 is 0 Å². The van der Waals surface area contributed by atoms with Crippen LogP contribution in [0.4, 0.5) is 0 Å². The number of hydrogen-bond acceptors (Lipinski definition) is 3. The van der Waals surface area contributed by atoms with E-state index in [1.807, 2.05) is 43.6 Å². The van der Waals surface area contributed by atoms with Gasteiger partial charge in [-0.25, -0.2) is 9.97 Å². The first-order valence-corrected chi connectivity index (χ1v) is 5.89. The standard InChI is InChI=1S/C12H19N5/c1-4-17-6-5-14-12(17)7-10(13-2)11-8-16(3)9-15-11/h5-6,8-10,13H,4,7H2,1-3H3. The predicted octanol–water partition coefficient (Wildman–Crippen LogP) is 1.14. The molecule has 17 heavy (non-hydrogen) atoms. The summed E-state index contributed by atoms with van der Waals surface area (Å²) in [5.41, 5.74) is 1.06. The van der Waals surface area contributed by atoms with E-state index in [9.17, 15) is 0 Å². The van der Waals surface area contributed by atoms with Crippen LogP contribution >= 0.6 is 0 Å². The van der Waals surface area contributed by atoms with Crippen molar-refractivity contribution in [3.05, 3.63) is 36.4 Å². The molecule has 0 aromatic carbocycles. The smallest absolute Gasteiger partial charge is 0.110 e. The third-order valence-electron chi connectivity index (χ3n) is 2.96. The number of likely N-dealkylation sites (N-methyl/N-ethyl adjacent to an activating group) is 1. The quantitative estimate of drug-likeness (QED) is 0.842. The van der Waals surface area contributed by atoms with Gasteiger partial charge < -0.3 is 14.5 Å². The molecule has 2 aromatic rings. The van der Waals surface area contributed by atoms with Crippen molar-refractivity contribution in [3.63, 3.8) is 0 Å². The zero-order chi connectivity index (χ0) is 12.3. The normalized spacial score (nSPS) is 12.9. The Kier molecular flexibility index (Phi) is 3.58. The Balaban J connectivity index is 2.15. The maximum absolute atomic E-state index is 4.40. The van der Waals surface area contributed by atoms with E-state index in [2.05, 4.69) is 26.8 Å². The van der Waals surface area contributed by atoms with Crippen LogP contribution in [0.5, 0.6) is 0 Å². The largest absolute Gasteiger partial charge is 0.340 e. The Morgan fingerprint density at radius 1 is 1.41 bits per heavy atom. The molecule has 0 aliphatic rings. The Labute approximate surface area is 102 Å². The highest BCUT2D eigenvalue weighted by Crippen LogP contribution is 2.15. The summed E-state index contributed by atoms with van der Waals surface area (Å²) in [5.74, 6) is 1.09. The van der Waals surface area contributed by atoms with Crippen LogP contribution in [0.3, 0.4) is 0 Å². The third kappa shape index (κ3) is 2.55. The van der Waals surface area contributed by atoms with E-state index in [1.54, 1.807) is 0 Å². The van der Waals surface area contributed by atoms with Crippen molar-refractivity contribution in [2.24, 2.45) is 7.05 Å². The van der Waals surface area contributed by atoms with Crippen LogP contribution < -0.4 is 5.32 Å². The lowest BCUT2D eigenvalue weighted by Gasteiger charge is -2.14. The Morgan fingerprint density at radius 2 is 2.24 bits per heavy atom. The van der Waals surface area contributed by atoms with Gasteiger partial charge in [0.05, 0.1) is 18.1 Å². The van der Waals surface area contributed by atoms with Crippen molar-refractivity contribution in [1.29, 1.82) is 0 Å². The number of hydrogen-bond donors (Lipinski definition) is 1. The van der Waals surface area contributed by atoms with Gasteiger partial charge in [0.2, 0.25) is 0 Å². The van der Waals surface area contributed by atoms with Gasteiger partial charge in [-0.15, -0.1) is 0 Å². The Morgan fingerprint density at radius 3 is 2.82 bits per heavy atom. The van der Waals surface area contributed by atoms with Gasteiger partial charge in [-0.1, -0.05) is 0 Å². The number of aromatic nitrogens is 4. The van der Waals surface area contributed by atoms with Crippen LogP contribution in [0, 0.1) is 0 Å². The molecule has 2 heterocycles. The van der Waals surface area contributed by atoms with Crippen molar-refractivity contribution < 1.29 is 0 Å². The second-order valence-electron chi connectivity index (χ2n) is 4.14. The summed E-state index contributed by atoms with van der Waals surface area (Å²) in [6, 6.07) is 0.212. The molecule has 0 saturated heterocycles. The molecule has 5 heteroatoms. The van der Waals surface area contributed by atoms with Crippen LogP contribution in [-0.4, -0.2) is 26.1 Å². The number of rotatable bonds is 5. The fourth-order valence-electron chi connectivity index (χ4n) is 1.97. The summed E-state index contributed by atoms with van der Waals surface area (Å²) in [5, 5.41) is 3.29. The lowest BCUT2D eigenvalue weighted by molar-refractivity contribution is 0.542. The molecule has 0 aliphatic carbocycles. The Bertz CT molecular complexity index is 471. The zero-order valence-electron chi connectivity index (χ0n) is 10.6. The lowest BCUT2D eigenvalue weighted by atomic mass is 10.1. The van der Waals surface area contributed by atoms with Crippen LogP contribution in [0.1, 0.15) is 24.5 Å². The lowest BCUT2D eigenvalue weighted by Crippen LogP contribution is -2.21. The van der Waals surface area contributed by atoms with E-state index in [0.29, 0.717) is 0 Å². The fraction of sp³-hybridized carbons (Fsp3) is 0.500. The molecule has 0 fully saturated rings. The van der Waals surface area contributed by atoms with E-state index in [1.165, 1.54) is 0 Å². The van der Waals surface area contributed by atoms with Gasteiger partial charge in [0.1, 0.15) is 5.82 Å². The molecule has 0 spiro atoms. The van der Waals surface area contributed by atoms with E-state index >= 15 is 0 Å². The average molecular weight is 233 g/mol. The summed E-state index contributed by atoms with van der Waals surface area (Å²) in [4.78, 5) is 8.78. The first-order valence-electron chi connectivity index (χ1n) is 5.89. The van der Waals surface area contributed by atoms with Crippen molar-refractivity contribution in [3.8, 4) is 0 Å². The molecule has 2 rings (SSSR count). The molecule has 2 aromatic heterocycles. The van der Waals surface area contributed by atoms with Crippen molar-refractivity contribution in [1.82, 2.24) is 24.4 Å². The van der Waals surface area contributed by atoms with Crippen molar-refractivity contribution in [2.75, 3.05) is 7.05 Å². The number of nitrogens with zero attached hydrogens (tertiary/aromatic N) is 4. The highest BCUT2D eigenvalue weighted by Gasteiger charge is 2.15. The molecule has 0 bridgehead atoms. The van der Waals surface area contributed by atoms with E-state index in [0.717, 1.165) is 24.5 Å². The summed E-state index contributed by atoms with van der Waals surface area (Å²) in [6.07, 6.45) is 8.59. The molecule has 5 nitrogen and oxygen atoms in total. The minimum atomic E-state index is 0.212. The van der Waals surface area contributed by atoms with Crippen LogP contribution in [0.15, 0.2) is 24.9 Å². The average Bonchev–Trinajstić information content (AvgIpc) is 2.94. The molecule has 1 unspecified atom stereocenters. The van der Waals surface area contributed by atoms with E-state index in [-0.39, 0.29) is 6.04 Å². The number of imidazole rings is 2. The van der Waals surface area contributed by atoms with E-state index in [4.69, 9.17) is 0 Å². The molecule has 92 valence electrons. The maximum Gasteiger partial charge on any atom is 0.110 e. The molecular formula is C12H19N5. The molecule has 0 amide bonds. The Hall–Kier alpha value is -1.62.